The van der Waals surface area contributed by atoms with Crippen LogP contribution in [0.25, 0.3) is 5.57 Å². The number of Topliss-reactive ketones (excluding diaryl/α,β-unsaturated/α-hetero) is 1. The molecule has 1 nitrogen and oxygen atoms in total. The summed E-state index contributed by atoms with van der Waals surface area (Å²) in [7, 11) is -1.35. The van der Waals surface area contributed by atoms with Gasteiger partial charge in [-0.15, -0.1) is 0 Å². The monoisotopic (exact) mass is 218 g/mol. The summed E-state index contributed by atoms with van der Waals surface area (Å²) >= 11 is 0. The van der Waals surface area contributed by atoms with Crippen LogP contribution in [0, 0.1) is 0 Å². The first kappa shape index (κ1) is 11.9. The molecule has 0 saturated carbocycles. The fourth-order valence-electron chi connectivity index (χ4n) is 1.44. The molecule has 0 aliphatic rings. The third-order valence-electron chi connectivity index (χ3n) is 2.04. The molecule has 1 rings (SSSR count). The molecule has 0 saturated heterocycles. The molecule has 0 amide bonds. The number of hydrogen-bond acceptors (Lipinski definition) is 1. The minimum absolute atomic E-state index is 0.156. The molecule has 0 aliphatic heterocycles. The van der Waals surface area contributed by atoms with Crippen molar-refractivity contribution in [1.29, 1.82) is 0 Å². The summed E-state index contributed by atoms with van der Waals surface area (Å²) in [6, 6.07) is 9.89. The van der Waals surface area contributed by atoms with Crippen LogP contribution in [0.1, 0.15) is 12.5 Å². The van der Waals surface area contributed by atoms with E-state index in [1.807, 2.05) is 30.3 Å². The standard InChI is InChI=1S/C13H18OSi/c1-11(14)13(10-15(2,3)4)12-8-6-5-7-9-12/h5-10H,1-4H3. The third kappa shape index (κ3) is 3.84. The predicted molar refractivity (Wildman–Crippen MR) is 68.4 cm³/mol. The lowest BCUT2D eigenvalue weighted by Gasteiger charge is -2.13. The van der Waals surface area contributed by atoms with Crippen molar-refractivity contribution >= 4 is 19.4 Å². The Morgan fingerprint density at radius 1 is 1.13 bits per heavy atom. The molecule has 1 aromatic carbocycles. The van der Waals surface area contributed by atoms with Crippen LogP contribution in [0.2, 0.25) is 19.6 Å². The number of carbonyl (C=O) groups excluding carboxylic acids is 1. The van der Waals surface area contributed by atoms with Crippen LogP contribution < -0.4 is 0 Å². The van der Waals surface area contributed by atoms with Crippen LogP contribution in [0.5, 0.6) is 0 Å². The smallest absolute Gasteiger partial charge is 0.159 e. The number of hydrogen-bond donors (Lipinski definition) is 0. The predicted octanol–water partition coefficient (Wildman–Crippen LogP) is 3.54. The molecule has 0 N–H and O–H groups in total. The zero-order valence-electron chi connectivity index (χ0n) is 9.87. The van der Waals surface area contributed by atoms with Crippen molar-refractivity contribution in [3.8, 4) is 0 Å². The summed E-state index contributed by atoms with van der Waals surface area (Å²) in [6.07, 6.45) is 0. The molecule has 2 heteroatoms. The van der Waals surface area contributed by atoms with Crippen LogP contribution >= 0.6 is 0 Å². The second kappa shape index (κ2) is 4.58. The largest absolute Gasteiger partial charge is 0.295 e. The maximum absolute atomic E-state index is 11.6. The molecule has 0 bridgehead atoms. The van der Waals surface area contributed by atoms with Crippen LogP contribution in [0.15, 0.2) is 36.0 Å². The molecule has 0 radical (unpaired) electrons. The van der Waals surface area contributed by atoms with Crippen molar-refractivity contribution in [2.24, 2.45) is 0 Å². The zero-order chi connectivity index (χ0) is 11.5. The molecule has 0 aromatic heterocycles. The molecule has 0 aliphatic carbocycles. The third-order valence-corrected chi connectivity index (χ3v) is 3.20. The highest BCUT2D eigenvalue weighted by Crippen LogP contribution is 2.18. The van der Waals surface area contributed by atoms with Crippen molar-refractivity contribution in [3.05, 3.63) is 41.6 Å². The number of ketones is 1. The lowest BCUT2D eigenvalue weighted by molar-refractivity contribution is -0.111. The quantitative estimate of drug-likeness (QED) is 0.560. The average molecular weight is 218 g/mol. The van der Waals surface area contributed by atoms with Gasteiger partial charge in [0.05, 0.1) is 8.07 Å². The first-order valence-electron chi connectivity index (χ1n) is 5.19. The molecule has 0 atom stereocenters. The van der Waals surface area contributed by atoms with E-state index in [-0.39, 0.29) is 5.78 Å². The van der Waals surface area contributed by atoms with Gasteiger partial charge in [0.15, 0.2) is 5.78 Å². The minimum atomic E-state index is -1.35. The second-order valence-corrected chi connectivity index (χ2v) is 9.87. The van der Waals surface area contributed by atoms with Crippen LogP contribution in [-0.2, 0) is 4.79 Å². The molecule has 0 heterocycles. The van der Waals surface area contributed by atoms with Crippen molar-refractivity contribution in [1.82, 2.24) is 0 Å². The van der Waals surface area contributed by atoms with Crippen molar-refractivity contribution in [3.63, 3.8) is 0 Å². The summed E-state index contributed by atoms with van der Waals surface area (Å²) < 4.78 is 0. The summed E-state index contributed by atoms with van der Waals surface area (Å²) in [5, 5.41) is 0. The van der Waals surface area contributed by atoms with Crippen molar-refractivity contribution in [2.45, 2.75) is 26.6 Å². The highest BCUT2D eigenvalue weighted by Gasteiger charge is 2.14. The van der Waals surface area contributed by atoms with Crippen molar-refractivity contribution in [2.75, 3.05) is 0 Å². The van der Waals surface area contributed by atoms with Crippen LogP contribution in [0.4, 0.5) is 0 Å². The Balaban J connectivity index is 3.16. The summed E-state index contributed by atoms with van der Waals surface area (Å²) in [6.45, 7) is 8.34. The summed E-state index contributed by atoms with van der Waals surface area (Å²) in [5.41, 5.74) is 4.08. The topological polar surface area (TPSA) is 17.1 Å². The molecular formula is C13H18OSi. The van der Waals surface area contributed by atoms with E-state index in [1.54, 1.807) is 6.92 Å². The molecule has 0 spiro atoms. The summed E-state index contributed by atoms with van der Waals surface area (Å²) in [5.74, 6) is 0.156. The van der Waals surface area contributed by atoms with Gasteiger partial charge in [-0.05, 0) is 12.5 Å². The lowest BCUT2D eigenvalue weighted by atomic mass is 10.1. The first-order valence-corrected chi connectivity index (χ1v) is 8.77. The summed E-state index contributed by atoms with van der Waals surface area (Å²) in [4.78, 5) is 11.6. The van der Waals surface area contributed by atoms with E-state index in [1.165, 1.54) is 0 Å². The fraction of sp³-hybridized carbons (Fsp3) is 0.308. The van der Waals surface area contributed by atoms with Gasteiger partial charge in [-0.2, -0.15) is 0 Å². The highest BCUT2D eigenvalue weighted by molar-refractivity contribution is 6.82. The SMILES string of the molecule is CC(=O)C(=C[Si](C)(C)C)c1ccccc1. The van der Waals surface area contributed by atoms with Gasteiger partial charge in [-0.1, -0.05) is 55.7 Å². The van der Waals surface area contributed by atoms with E-state index < -0.39 is 8.07 Å². The molecule has 80 valence electrons. The normalized spacial score (nSPS) is 12.7. The number of allylic oxidation sites excluding steroid dienone is 1. The minimum Gasteiger partial charge on any atom is -0.295 e. The molecule has 1 aromatic rings. The maximum Gasteiger partial charge on any atom is 0.159 e. The van der Waals surface area contributed by atoms with Gasteiger partial charge in [0.25, 0.3) is 0 Å². The average Bonchev–Trinajstić information content (AvgIpc) is 2.14. The Morgan fingerprint density at radius 3 is 2.07 bits per heavy atom. The molecular weight excluding hydrogens is 200 g/mol. The van der Waals surface area contributed by atoms with E-state index in [9.17, 15) is 4.79 Å². The Labute approximate surface area is 92.8 Å². The van der Waals surface area contributed by atoms with Gasteiger partial charge >= 0.3 is 0 Å². The zero-order valence-corrected chi connectivity index (χ0v) is 10.9. The van der Waals surface area contributed by atoms with Crippen molar-refractivity contribution < 1.29 is 4.79 Å². The first-order chi connectivity index (χ1) is 6.90. The Bertz CT molecular complexity index is 371. The van der Waals surface area contributed by atoms with Gasteiger partial charge in [0, 0.05) is 5.57 Å². The van der Waals surface area contributed by atoms with Gasteiger partial charge in [-0.3, -0.25) is 4.79 Å². The molecule has 0 unspecified atom stereocenters. The Hall–Kier alpha value is -1.15. The maximum atomic E-state index is 11.6. The van der Waals surface area contributed by atoms with E-state index >= 15 is 0 Å². The number of rotatable bonds is 3. The van der Waals surface area contributed by atoms with E-state index in [2.05, 4.69) is 25.3 Å². The van der Waals surface area contributed by atoms with Gasteiger partial charge in [0.2, 0.25) is 0 Å². The Kier molecular flexibility index (Phi) is 3.64. The van der Waals surface area contributed by atoms with Gasteiger partial charge < -0.3 is 0 Å². The van der Waals surface area contributed by atoms with E-state index in [4.69, 9.17) is 0 Å². The fourth-order valence-corrected chi connectivity index (χ4v) is 2.67. The number of benzene rings is 1. The Morgan fingerprint density at radius 2 is 1.67 bits per heavy atom. The van der Waals surface area contributed by atoms with E-state index in [0.717, 1.165) is 11.1 Å². The van der Waals surface area contributed by atoms with Gasteiger partial charge in [0.1, 0.15) is 0 Å². The highest BCUT2D eigenvalue weighted by atomic mass is 28.3. The number of carbonyl (C=O) groups is 1. The van der Waals surface area contributed by atoms with Gasteiger partial charge in [-0.25, -0.2) is 0 Å². The lowest BCUT2D eigenvalue weighted by Crippen LogP contribution is -2.18. The van der Waals surface area contributed by atoms with E-state index in [0.29, 0.717) is 0 Å². The van der Waals surface area contributed by atoms with Crippen LogP contribution in [0.3, 0.4) is 0 Å². The van der Waals surface area contributed by atoms with Crippen LogP contribution in [-0.4, -0.2) is 13.9 Å². The second-order valence-electron chi connectivity index (χ2n) is 4.85. The molecule has 0 fully saturated rings. The molecule has 15 heavy (non-hydrogen) atoms.